The van der Waals surface area contributed by atoms with Crippen molar-refractivity contribution in [3.63, 3.8) is 0 Å². The molecule has 0 fully saturated rings. The Balaban J connectivity index is 1.51. The number of alkyl halides is 1. The Hall–Kier alpha value is -3.43. The molecule has 2 aliphatic heterocycles. The molecule has 3 heterocycles. The van der Waals surface area contributed by atoms with Gasteiger partial charge in [-0.3, -0.25) is 14.3 Å². The van der Waals surface area contributed by atoms with E-state index in [1.165, 1.54) is 34.0 Å². The molecule has 6 nitrogen and oxygen atoms in total. The lowest BCUT2D eigenvalue weighted by Gasteiger charge is -2.33. The number of hydrogen-bond acceptors (Lipinski definition) is 3. The minimum Gasteiger partial charge on any atom is -0.330 e. The van der Waals surface area contributed by atoms with E-state index in [9.17, 15) is 22.8 Å². The summed E-state index contributed by atoms with van der Waals surface area (Å²) in [6.07, 6.45) is 2.99. The second-order valence-electron chi connectivity index (χ2n) is 8.85. The van der Waals surface area contributed by atoms with Crippen molar-refractivity contribution in [3.8, 4) is 11.3 Å². The number of carbonyl (C=O) groups excluding carboxylic acids is 2. The minimum absolute atomic E-state index is 0.00254. The quantitative estimate of drug-likeness (QED) is 0.406. The molecule has 2 aliphatic rings. The van der Waals surface area contributed by atoms with Gasteiger partial charge in [0.2, 0.25) is 0 Å². The summed E-state index contributed by atoms with van der Waals surface area (Å²) in [5.74, 6) is -3.17. The van der Waals surface area contributed by atoms with Crippen molar-refractivity contribution in [2.75, 3.05) is 6.54 Å². The van der Waals surface area contributed by atoms with Gasteiger partial charge in [-0.15, -0.1) is 11.6 Å². The maximum atomic E-state index is 14.6. The molecule has 190 valence electrons. The summed E-state index contributed by atoms with van der Waals surface area (Å²) in [4.78, 5) is 30.4. The zero-order valence-electron chi connectivity index (χ0n) is 19.6. The van der Waals surface area contributed by atoms with E-state index in [-0.39, 0.29) is 22.7 Å². The first-order chi connectivity index (χ1) is 17.5. The first kappa shape index (κ1) is 25.2. The van der Waals surface area contributed by atoms with Gasteiger partial charge < -0.3 is 4.90 Å². The number of nitrogens with zero attached hydrogens (tertiary/aromatic N) is 4. The number of halogens is 5. The van der Waals surface area contributed by atoms with Crippen LogP contribution in [0, 0.1) is 17.5 Å². The average Bonchev–Trinajstić information content (AvgIpc) is 3.18. The largest absolute Gasteiger partial charge is 0.330 e. The molecule has 1 unspecified atom stereocenters. The van der Waals surface area contributed by atoms with Crippen LogP contribution in [0.1, 0.15) is 40.1 Å². The number of dihydropyridines is 1. The molecule has 0 spiro atoms. The number of fused-ring (bicyclic) bond motifs is 1. The van der Waals surface area contributed by atoms with Crippen LogP contribution >= 0.6 is 23.2 Å². The Morgan fingerprint density at radius 1 is 1.08 bits per heavy atom. The lowest BCUT2D eigenvalue weighted by molar-refractivity contribution is -0.116. The van der Waals surface area contributed by atoms with E-state index in [1.807, 2.05) is 0 Å². The molecule has 0 saturated carbocycles. The lowest BCUT2D eigenvalue weighted by atomic mass is 9.94. The van der Waals surface area contributed by atoms with E-state index in [4.69, 9.17) is 23.2 Å². The van der Waals surface area contributed by atoms with E-state index < -0.39 is 40.7 Å². The van der Waals surface area contributed by atoms with Gasteiger partial charge >= 0.3 is 0 Å². The first-order valence-electron chi connectivity index (χ1n) is 11.3. The molecule has 0 radical (unpaired) electrons. The number of amides is 2. The molecule has 1 aromatic heterocycles. The fourth-order valence-electron chi connectivity index (χ4n) is 4.82. The van der Waals surface area contributed by atoms with Crippen molar-refractivity contribution < 1.29 is 22.8 Å². The number of aryl methyl sites for hydroxylation is 1. The summed E-state index contributed by atoms with van der Waals surface area (Å²) in [5.41, 5.74) is 2.70. The van der Waals surface area contributed by atoms with Crippen molar-refractivity contribution in [3.05, 3.63) is 81.3 Å². The van der Waals surface area contributed by atoms with Crippen LogP contribution in [-0.4, -0.2) is 44.6 Å². The molecule has 37 heavy (non-hydrogen) atoms. The van der Waals surface area contributed by atoms with Crippen molar-refractivity contribution in [1.82, 2.24) is 14.7 Å². The Morgan fingerprint density at radius 3 is 2.43 bits per heavy atom. The van der Waals surface area contributed by atoms with Crippen LogP contribution in [0.2, 0.25) is 5.02 Å². The predicted octanol–water partition coefficient (Wildman–Crippen LogP) is 5.52. The molecule has 2 atom stereocenters. The van der Waals surface area contributed by atoms with E-state index >= 15 is 0 Å². The number of aromatic nitrogens is 2. The Bertz CT molecular complexity index is 1510. The van der Waals surface area contributed by atoms with Gasteiger partial charge in [0, 0.05) is 42.6 Å². The predicted molar refractivity (Wildman–Crippen MR) is 134 cm³/mol. The van der Waals surface area contributed by atoms with Crippen molar-refractivity contribution in [2.24, 2.45) is 12.0 Å². The maximum Gasteiger partial charge on any atom is 0.267 e. The number of benzene rings is 2. The molecule has 3 aromatic rings. The van der Waals surface area contributed by atoms with Crippen LogP contribution in [0.25, 0.3) is 16.8 Å². The summed E-state index contributed by atoms with van der Waals surface area (Å²) in [5, 5.41) is 3.51. The number of allylic oxidation sites excluding steroid dienone is 1. The molecular formula is C26H19Cl2F3N4O2. The zero-order valence-corrected chi connectivity index (χ0v) is 21.1. The van der Waals surface area contributed by atoms with Crippen LogP contribution in [0.5, 0.6) is 0 Å². The summed E-state index contributed by atoms with van der Waals surface area (Å²) in [7, 11) is 1.67. The summed E-state index contributed by atoms with van der Waals surface area (Å²) >= 11 is 12.5. The molecule has 0 saturated heterocycles. The third-order valence-corrected chi connectivity index (χ3v) is 7.23. The second-order valence-corrected chi connectivity index (χ2v) is 9.70. The van der Waals surface area contributed by atoms with Gasteiger partial charge in [-0.1, -0.05) is 11.6 Å². The highest BCUT2D eigenvalue weighted by Gasteiger charge is 2.35. The number of aliphatic imine (C=N–C) groups is 1. The van der Waals surface area contributed by atoms with E-state index in [1.54, 1.807) is 14.0 Å². The average molecular weight is 547 g/mol. The third kappa shape index (κ3) is 4.46. The van der Waals surface area contributed by atoms with Gasteiger partial charge in [-0.25, -0.2) is 18.2 Å². The maximum absolute atomic E-state index is 14.6. The fourth-order valence-corrected chi connectivity index (χ4v) is 5.31. The van der Waals surface area contributed by atoms with E-state index in [0.29, 0.717) is 28.9 Å². The van der Waals surface area contributed by atoms with Gasteiger partial charge in [0.05, 0.1) is 28.0 Å². The molecule has 0 bridgehead atoms. The number of carbonyl (C=O) groups is 2. The Morgan fingerprint density at radius 2 is 1.76 bits per heavy atom. The van der Waals surface area contributed by atoms with Gasteiger partial charge in [-0.05, 0) is 49.3 Å². The fraction of sp³-hybridized carbons (Fsp3) is 0.231. The van der Waals surface area contributed by atoms with Crippen LogP contribution in [0.3, 0.4) is 0 Å². The van der Waals surface area contributed by atoms with Crippen molar-refractivity contribution in [2.45, 2.75) is 24.8 Å². The zero-order chi connectivity index (χ0) is 26.6. The number of hydrogen-bond donors (Lipinski definition) is 0. The van der Waals surface area contributed by atoms with Gasteiger partial charge in [0.15, 0.2) is 0 Å². The van der Waals surface area contributed by atoms with Crippen LogP contribution in [0.15, 0.2) is 41.4 Å². The summed E-state index contributed by atoms with van der Waals surface area (Å²) in [6.45, 7) is 2.01. The lowest BCUT2D eigenvalue weighted by Crippen LogP contribution is -2.39. The minimum atomic E-state index is -1.02. The van der Waals surface area contributed by atoms with Crippen molar-refractivity contribution in [1.29, 1.82) is 0 Å². The highest BCUT2D eigenvalue weighted by atomic mass is 35.5. The standard InChI is InChI=1S/C26H19Cl2F3N4O2/c1-12-23-18(24(34(2)33-23)13-5-15(29)8-16(30)6-13)3-4-35(12)26(37)20-10-17(31)9-19(22(20)28)14-7-21(27)25(36)32-11-14/h5-12,21H,3-4H2,1-2H3/t12-,21?/m0/s1. The molecule has 5 rings (SSSR count). The molecule has 2 amide bonds. The van der Waals surface area contributed by atoms with Crippen LogP contribution in [0.4, 0.5) is 13.2 Å². The van der Waals surface area contributed by atoms with Gasteiger partial charge in [0.25, 0.3) is 11.8 Å². The normalized spacial score (nSPS) is 19.2. The summed E-state index contributed by atoms with van der Waals surface area (Å²) in [6, 6.07) is 4.94. The first-order valence-corrected chi connectivity index (χ1v) is 12.1. The SMILES string of the molecule is C[C@H]1c2nn(C)c(-c3cc(F)cc(F)c3)c2CCN1C(=O)c1cc(F)cc(C2=CC(Cl)C(=O)N=C2)c1Cl. The molecule has 0 N–H and O–H groups in total. The van der Waals surface area contributed by atoms with E-state index in [2.05, 4.69) is 10.1 Å². The van der Waals surface area contributed by atoms with E-state index in [0.717, 1.165) is 23.8 Å². The molecule has 2 aromatic carbocycles. The van der Waals surface area contributed by atoms with Gasteiger partial charge in [-0.2, -0.15) is 5.10 Å². The second kappa shape index (κ2) is 9.46. The molecule has 0 aliphatic carbocycles. The summed E-state index contributed by atoms with van der Waals surface area (Å²) < 4.78 is 44.0. The number of rotatable bonds is 3. The Labute approximate surface area is 220 Å². The molecule has 11 heteroatoms. The smallest absolute Gasteiger partial charge is 0.267 e. The van der Waals surface area contributed by atoms with Crippen molar-refractivity contribution >= 4 is 46.8 Å². The van der Waals surface area contributed by atoms with Gasteiger partial charge in [0.1, 0.15) is 22.8 Å². The highest BCUT2D eigenvalue weighted by molar-refractivity contribution is 6.39. The molecular weight excluding hydrogens is 528 g/mol. The monoisotopic (exact) mass is 546 g/mol. The highest BCUT2D eigenvalue weighted by Crippen LogP contribution is 2.38. The Kier molecular flexibility index (Phi) is 6.45. The van der Waals surface area contributed by atoms with Crippen LogP contribution in [-0.2, 0) is 18.3 Å². The topological polar surface area (TPSA) is 67.6 Å². The van der Waals surface area contributed by atoms with Crippen LogP contribution < -0.4 is 0 Å². The third-order valence-electron chi connectivity index (χ3n) is 6.51.